The molecule has 15 heavy (non-hydrogen) atoms. The van der Waals surface area contributed by atoms with Crippen molar-refractivity contribution < 1.29 is 0 Å². The van der Waals surface area contributed by atoms with E-state index in [1.807, 2.05) is 19.3 Å². The number of nitrogens with zero attached hydrogens (tertiary/aromatic N) is 2. The van der Waals surface area contributed by atoms with E-state index in [2.05, 4.69) is 23.8 Å². The molecule has 0 N–H and O–H groups in total. The Morgan fingerprint density at radius 3 is 2.13 bits per heavy atom. The molecule has 1 aromatic rings. The zero-order valence-electron chi connectivity index (χ0n) is 9.75. The summed E-state index contributed by atoms with van der Waals surface area (Å²) < 4.78 is 0. The van der Waals surface area contributed by atoms with E-state index in [4.69, 9.17) is 0 Å². The molecule has 0 aliphatic heterocycles. The summed E-state index contributed by atoms with van der Waals surface area (Å²) in [6.07, 6.45) is 7.86. The average molecular weight is 202 g/mol. The van der Waals surface area contributed by atoms with Crippen LogP contribution in [0, 0.1) is 18.3 Å². The SMILES string of the molecule is Cc1cnc(C23CC(C(C)C)(C2)C3)nc1. The van der Waals surface area contributed by atoms with Gasteiger partial charge in [-0.15, -0.1) is 0 Å². The lowest BCUT2D eigenvalue weighted by molar-refractivity contribution is -0.176. The van der Waals surface area contributed by atoms with Gasteiger partial charge in [0, 0.05) is 17.8 Å². The highest BCUT2D eigenvalue weighted by atomic mass is 14.9. The highest BCUT2D eigenvalue weighted by molar-refractivity contribution is 5.31. The maximum atomic E-state index is 4.49. The molecule has 0 amide bonds. The molecule has 4 rings (SSSR count). The van der Waals surface area contributed by atoms with Crippen molar-refractivity contribution in [3.05, 3.63) is 23.8 Å². The van der Waals surface area contributed by atoms with Crippen LogP contribution in [-0.4, -0.2) is 9.97 Å². The topological polar surface area (TPSA) is 25.8 Å². The summed E-state index contributed by atoms with van der Waals surface area (Å²) in [6.45, 7) is 6.74. The number of aromatic nitrogens is 2. The lowest BCUT2D eigenvalue weighted by atomic mass is 9.32. The zero-order chi connectivity index (χ0) is 10.7. The van der Waals surface area contributed by atoms with Crippen molar-refractivity contribution in [3.8, 4) is 0 Å². The Labute approximate surface area is 91.1 Å². The van der Waals surface area contributed by atoms with Gasteiger partial charge in [-0.05, 0) is 43.1 Å². The Morgan fingerprint density at radius 1 is 1.13 bits per heavy atom. The van der Waals surface area contributed by atoms with E-state index in [0.29, 0.717) is 10.8 Å². The molecule has 0 atom stereocenters. The van der Waals surface area contributed by atoms with Crippen LogP contribution in [0.1, 0.15) is 44.5 Å². The normalized spacial score (nSPS) is 37.3. The maximum absolute atomic E-state index is 4.49. The molecule has 2 bridgehead atoms. The third-order valence-electron chi connectivity index (χ3n) is 4.55. The van der Waals surface area contributed by atoms with Gasteiger partial charge in [-0.3, -0.25) is 0 Å². The first-order chi connectivity index (χ1) is 7.06. The minimum atomic E-state index is 0.373. The van der Waals surface area contributed by atoms with Crippen LogP contribution in [0.3, 0.4) is 0 Å². The lowest BCUT2D eigenvalue weighted by Crippen LogP contribution is -2.67. The summed E-state index contributed by atoms with van der Waals surface area (Å²) in [5.41, 5.74) is 2.18. The van der Waals surface area contributed by atoms with Gasteiger partial charge in [0.05, 0.1) is 0 Å². The van der Waals surface area contributed by atoms with Crippen molar-refractivity contribution in [1.82, 2.24) is 9.97 Å². The Kier molecular flexibility index (Phi) is 1.62. The van der Waals surface area contributed by atoms with E-state index in [0.717, 1.165) is 17.3 Å². The smallest absolute Gasteiger partial charge is 0.134 e. The maximum Gasteiger partial charge on any atom is 0.134 e. The van der Waals surface area contributed by atoms with Crippen molar-refractivity contribution in [2.75, 3.05) is 0 Å². The molecule has 3 aliphatic rings. The average Bonchev–Trinajstić information content (AvgIpc) is 2.02. The first kappa shape index (κ1) is 9.32. The quantitative estimate of drug-likeness (QED) is 0.737. The summed E-state index contributed by atoms with van der Waals surface area (Å²) >= 11 is 0. The molecule has 0 radical (unpaired) electrons. The summed E-state index contributed by atoms with van der Waals surface area (Å²) in [5, 5.41) is 0. The second-order valence-corrected chi connectivity index (χ2v) is 5.91. The van der Waals surface area contributed by atoms with E-state index in [9.17, 15) is 0 Å². The molecule has 80 valence electrons. The van der Waals surface area contributed by atoms with E-state index in [-0.39, 0.29) is 0 Å². The first-order valence-corrected chi connectivity index (χ1v) is 5.86. The van der Waals surface area contributed by atoms with E-state index in [1.165, 1.54) is 19.3 Å². The van der Waals surface area contributed by atoms with Crippen LogP contribution in [0.25, 0.3) is 0 Å². The van der Waals surface area contributed by atoms with Crippen LogP contribution in [0.2, 0.25) is 0 Å². The van der Waals surface area contributed by atoms with E-state index in [1.54, 1.807) is 0 Å². The highest BCUT2D eigenvalue weighted by Gasteiger charge is 2.70. The van der Waals surface area contributed by atoms with Gasteiger partial charge in [-0.25, -0.2) is 9.97 Å². The number of aryl methyl sites for hydroxylation is 1. The van der Waals surface area contributed by atoms with Gasteiger partial charge in [0.2, 0.25) is 0 Å². The van der Waals surface area contributed by atoms with Gasteiger partial charge >= 0.3 is 0 Å². The van der Waals surface area contributed by atoms with Crippen molar-refractivity contribution in [2.24, 2.45) is 11.3 Å². The van der Waals surface area contributed by atoms with E-state index >= 15 is 0 Å². The van der Waals surface area contributed by atoms with Gasteiger partial charge in [0.15, 0.2) is 0 Å². The van der Waals surface area contributed by atoms with Crippen LogP contribution >= 0.6 is 0 Å². The number of hydrogen-bond acceptors (Lipinski definition) is 2. The molecule has 1 aromatic heterocycles. The zero-order valence-corrected chi connectivity index (χ0v) is 9.75. The van der Waals surface area contributed by atoms with Gasteiger partial charge in [-0.2, -0.15) is 0 Å². The predicted molar refractivity (Wildman–Crippen MR) is 59.6 cm³/mol. The highest BCUT2D eigenvalue weighted by Crippen LogP contribution is 2.75. The molecule has 0 aromatic carbocycles. The molecular formula is C13H18N2. The Balaban J connectivity index is 1.81. The molecule has 0 spiro atoms. The molecule has 2 nitrogen and oxygen atoms in total. The fourth-order valence-electron chi connectivity index (χ4n) is 3.38. The Morgan fingerprint density at radius 2 is 1.67 bits per heavy atom. The molecule has 0 saturated heterocycles. The molecule has 0 unspecified atom stereocenters. The van der Waals surface area contributed by atoms with Gasteiger partial charge in [0.1, 0.15) is 5.82 Å². The van der Waals surface area contributed by atoms with Crippen LogP contribution in [0.5, 0.6) is 0 Å². The third-order valence-corrected chi connectivity index (χ3v) is 4.55. The van der Waals surface area contributed by atoms with Crippen molar-refractivity contribution >= 4 is 0 Å². The van der Waals surface area contributed by atoms with Crippen LogP contribution in [0.4, 0.5) is 0 Å². The van der Waals surface area contributed by atoms with Gasteiger partial charge in [0.25, 0.3) is 0 Å². The number of hydrogen-bond donors (Lipinski definition) is 0. The van der Waals surface area contributed by atoms with Crippen molar-refractivity contribution in [3.63, 3.8) is 0 Å². The first-order valence-electron chi connectivity index (χ1n) is 5.86. The van der Waals surface area contributed by atoms with Crippen LogP contribution in [0.15, 0.2) is 12.4 Å². The standard InChI is InChI=1S/C13H18N2/c1-9(2)12-6-13(7-12,8-12)11-14-4-10(3)5-15-11/h4-5,9H,6-8H2,1-3H3. The van der Waals surface area contributed by atoms with Gasteiger partial charge in [-0.1, -0.05) is 13.8 Å². The van der Waals surface area contributed by atoms with E-state index < -0.39 is 0 Å². The second kappa shape index (κ2) is 2.60. The minimum absolute atomic E-state index is 0.373. The third kappa shape index (κ3) is 1.05. The largest absolute Gasteiger partial charge is 0.241 e. The number of rotatable bonds is 2. The fourth-order valence-corrected chi connectivity index (χ4v) is 3.38. The molecule has 2 heteroatoms. The summed E-state index contributed by atoms with van der Waals surface area (Å²) in [5.74, 6) is 1.92. The Bertz CT molecular complexity index is 372. The molecule has 3 saturated carbocycles. The summed E-state index contributed by atoms with van der Waals surface area (Å²) in [6, 6.07) is 0. The molecular weight excluding hydrogens is 184 g/mol. The van der Waals surface area contributed by atoms with Gasteiger partial charge < -0.3 is 0 Å². The van der Waals surface area contributed by atoms with Crippen molar-refractivity contribution in [1.29, 1.82) is 0 Å². The predicted octanol–water partition coefficient (Wildman–Crippen LogP) is 2.86. The lowest BCUT2D eigenvalue weighted by Gasteiger charge is -2.72. The monoisotopic (exact) mass is 202 g/mol. The Hall–Kier alpha value is -0.920. The second-order valence-electron chi connectivity index (χ2n) is 5.91. The van der Waals surface area contributed by atoms with Crippen LogP contribution < -0.4 is 0 Å². The van der Waals surface area contributed by atoms with Crippen molar-refractivity contribution in [2.45, 2.75) is 45.4 Å². The summed E-state index contributed by atoms with van der Waals surface area (Å²) in [7, 11) is 0. The molecule has 3 aliphatic carbocycles. The fraction of sp³-hybridized carbons (Fsp3) is 0.692. The molecule has 1 heterocycles. The summed E-state index contributed by atoms with van der Waals surface area (Å²) in [4.78, 5) is 8.98. The van der Waals surface area contributed by atoms with Crippen LogP contribution in [-0.2, 0) is 5.41 Å². The minimum Gasteiger partial charge on any atom is -0.241 e. The molecule has 3 fully saturated rings.